The van der Waals surface area contributed by atoms with Crippen LogP contribution >= 0.6 is 0 Å². The number of ether oxygens (including phenoxy) is 2. The molecule has 2 aliphatic heterocycles. The number of carbonyl (C=O) groups excluding carboxylic acids is 1. The highest BCUT2D eigenvalue weighted by Crippen LogP contribution is 2.39. The number of hydrogen-bond acceptors (Lipinski definition) is 6. The van der Waals surface area contributed by atoms with E-state index >= 15 is 0 Å². The maximum atomic E-state index is 14.6. The topological polar surface area (TPSA) is 88.2 Å². The van der Waals surface area contributed by atoms with E-state index in [2.05, 4.69) is 4.72 Å². The van der Waals surface area contributed by atoms with Crippen molar-refractivity contribution in [3.8, 4) is 5.75 Å². The molecular weight excluding hydrogens is 456 g/mol. The lowest BCUT2D eigenvalue weighted by molar-refractivity contribution is 0.0453. The van der Waals surface area contributed by atoms with Gasteiger partial charge in [-0.15, -0.1) is 0 Å². The number of anilines is 1. The first-order valence-electron chi connectivity index (χ1n) is 11.4. The Labute approximate surface area is 193 Å². The molecule has 11 heteroatoms. The molecule has 1 saturated carbocycles. The number of likely N-dealkylation sites (tertiary alicyclic amines) is 1. The average molecular weight is 488 g/mol. The highest BCUT2D eigenvalue weighted by atomic mass is 32.2. The van der Waals surface area contributed by atoms with Crippen molar-refractivity contribution in [1.82, 2.24) is 9.62 Å². The SMILES string of the molecule is CCS(=O)(=O)NC1CN(c2cc(F)c(OCC3CCN(C(=O)OC4(C)CC4)CC3)c(F)c2)C1. The fourth-order valence-corrected chi connectivity index (χ4v) is 4.83. The van der Waals surface area contributed by atoms with Crippen molar-refractivity contribution >= 4 is 21.8 Å². The van der Waals surface area contributed by atoms with Crippen molar-refractivity contribution in [3.05, 3.63) is 23.8 Å². The van der Waals surface area contributed by atoms with Gasteiger partial charge in [-0.25, -0.2) is 26.7 Å². The summed E-state index contributed by atoms with van der Waals surface area (Å²) in [6.45, 7) is 5.40. The maximum Gasteiger partial charge on any atom is 0.410 e. The lowest BCUT2D eigenvalue weighted by Gasteiger charge is -2.41. The summed E-state index contributed by atoms with van der Waals surface area (Å²) in [6.07, 6.45) is 2.85. The molecule has 1 aliphatic carbocycles. The van der Waals surface area contributed by atoms with Crippen molar-refractivity contribution in [2.45, 2.75) is 51.2 Å². The molecule has 1 N–H and O–H groups in total. The monoisotopic (exact) mass is 487 g/mol. The second-order valence-electron chi connectivity index (χ2n) is 9.42. The molecular formula is C22H31F2N3O5S. The van der Waals surface area contributed by atoms with Gasteiger partial charge >= 0.3 is 6.09 Å². The summed E-state index contributed by atoms with van der Waals surface area (Å²) >= 11 is 0. The number of carbonyl (C=O) groups is 1. The van der Waals surface area contributed by atoms with Gasteiger partial charge in [0.25, 0.3) is 0 Å². The Bertz CT molecular complexity index is 965. The van der Waals surface area contributed by atoms with Crippen molar-refractivity contribution in [3.63, 3.8) is 0 Å². The molecule has 2 heterocycles. The minimum atomic E-state index is -3.31. The zero-order valence-electron chi connectivity index (χ0n) is 19.0. The Balaban J connectivity index is 1.24. The standard InChI is InChI=1S/C22H31F2N3O5S/c1-3-33(29,30)25-16-12-27(13-16)17-10-18(23)20(19(24)11-17)31-14-15-4-8-26(9-5-15)21(28)32-22(2)6-7-22/h10-11,15-16,25H,3-9,12-14H2,1-2H3. The number of nitrogens with one attached hydrogen (secondary N) is 1. The maximum absolute atomic E-state index is 14.6. The molecule has 2 saturated heterocycles. The van der Waals surface area contributed by atoms with Gasteiger partial charge < -0.3 is 19.3 Å². The van der Waals surface area contributed by atoms with Crippen LogP contribution in [0.1, 0.15) is 39.5 Å². The first-order valence-corrected chi connectivity index (χ1v) is 13.1. The van der Waals surface area contributed by atoms with Gasteiger partial charge in [0.15, 0.2) is 17.4 Å². The van der Waals surface area contributed by atoms with Crippen LogP contribution in [-0.4, -0.2) is 69.6 Å². The van der Waals surface area contributed by atoms with Gasteiger partial charge in [0.05, 0.1) is 18.4 Å². The van der Waals surface area contributed by atoms with Crippen molar-refractivity contribution in [2.75, 3.05) is 43.4 Å². The number of benzene rings is 1. The Morgan fingerprint density at radius 3 is 2.33 bits per heavy atom. The Morgan fingerprint density at radius 1 is 1.18 bits per heavy atom. The van der Waals surface area contributed by atoms with Gasteiger partial charge in [0.1, 0.15) is 5.60 Å². The Hall–Kier alpha value is -2.14. The lowest BCUT2D eigenvalue weighted by atomic mass is 9.98. The molecule has 1 amide bonds. The molecule has 4 rings (SSSR count). The van der Waals surface area contributed by atoms with Crippen LogP contribution in [0.15, 0.2) is 12.1 Å². The third-order valence-corrected chi connectivity index (χ3v) is 8.03. The number of piperidine rings is 1. The van der Waals surface area contributed by atoms with E-state index < -0.39 is 27.4 Å². The van der Waals surface area contributed by atoms with E-state index in [0.717, 1.165) is 12.8 Å². The van der Waals surface area contributed by atoms with Crippen LogP contribution in [0, 0.1) is 17.6 Å². The van der Waals surface area contributed by atoms with Crippen LogP contribution in [0.5, 0.6) is 5.75 Å². The molecule has 0 spiro atoms. The highest BCUT2D eigenvalue weighted by Gasteiger charge is 2.43. The van der Waals surface area contributed by atoms with E-state index in [-0.39, 0.29) is 36.0 Å². The zero-order valence-corrected chi connectivity index (χ0v) is 19.8. The summed E-state index contributed by atoms with van der Waals surface area (Å²) in [5.74, 6) is -1.92. The first kappa shape index (κ1) is 24.0. The fraction of sp³-hybridized carbons (Fsp3) is 0.682. The van der Waals surface area contributed by atoms with Crippen LogP contribution in [0.2, 0.25) is 0 Å². The molecule has 1 aromatic rings. The molecule has 3 aliphatic rings. The Morgan fingerprint density at radius 2 is 1.79 bits per heavy atom. The molecule has 3 fully saturated rings. The molecule has 0 unspecified atom stereocenters. The van der Waals surface area contributed by atoms with E-state index in [0.29, 0.717) is 44.7 Å². The third-order valence-electron chi connectivity index (χ3n) is 6.58. The molecule has 0 radical (unpaired) electrons. The quantitative estimate of drug-likeness (QED) is 0.607. The average Bonchev–Trinajstić information content (AvgIpc) is 3.46. The largest absolute Gasteiger partial charge is 0.487 e. The van der Waals surface area contributed by atoms with E-state index in [1.807, 2.05) is 6.92 Å². The zero-order chi connectivity index (χ0) is 23.8. The summed E-state index contributed by atoms with van der Waals surface area (Å²) < 4.78 is 65.9. The summed E-state index contributed by atoms with van der Waals surface area (Å²) in [7, 11) is -3.31. The molecule has 33 heavy (non-hydrogen) atoms. The van der Waals surface area contributed by atoms with Crippen LogP contribution in [-0.2, 0) is 14.8 Å². The molecule has 0 atom stereocenters. The van der Waals surface area contributed by atoms with Crippen molar-refractivity contribution < 1.29 is 31.5 Å². The van der Waals surface area contributed by atoms with Crippen LogP contribution in [0.4, 0.5) is 19.3 Å². The van der Waals surface area contributed by atoms with Gasteiger partial charge in [0.2, 0.25) is 10.0 Å². The lowest BCUT2D eigenvalue weighted by Crippen LogP contribution is -2.59. The van der Waals surface area contributed by atoms with Gasteiger partial charge in [-0.3, -0.25) is 0 Å². The van der Waals surface area contributed by atoms with Gasteiger partial charge in [0, 0.05) is 44.0 Å². The van der Waals surface area contributed by atoms with Gasteiger partial charge in [-0.05, 0) is 45.4 Å². The predicted molar refractivity (Wildman–Crippen MR) is 119 cm³/mol. The third kappa shape index (κ3) is 5.87. The second-order valence-corrected chi connectivity index (χ2v) is 11.5. The van der Waals surface area contributed by atoms with E-state index in [1.165, 1.54) is 12.1 Å². The number of hydrogen-bond donors (Lipinski definition) is 1. The van der Waals surface area contributed by atoms with Gasteiger partial charge in [-0.2, -0.15) is 0 Å². The van der Waals surface area contributed by atoms with E-state index in [1.54, 1.807) is 16.7 Å². The molecule has 0 aromatic heterocycles. The fourth-order valence-electron chi connectivity index (χ4n) is 4.00. The van der Waals surface area contributed by atoms with Crippen LogP contribution in [0.25, 0.3) is 0 Å². The van der Waals surface area contributed by atoms with E-state index in [4.69, 9.17) is 9.47 Å². The van der Waals surface area contributed by atoms with Gasteiger partial charge in [-0.1, -0.05) is 0 Å². The minimum Gasteiger partial charge on any atom is -0.487 e. The molecule has 184 valence electrons. The minimum absolute atomic E-state index is 0.0126. The highest BCUT2D eigenvalue weighted by molar-refractivity contribution is 7.89. The Kier molecular flexibility index (Phi) is 6.73. The number of amides is 1. The number of rotatable bonds is 8. The summed E-state index contributed by atoms with van der Waals surface area (Å²) in [5.41, 5.74) is 0.0411. The van der Waals surface area contributed by atoms with Crippen LogP contribution in [0.3, 0.4) is 0 Å². The summed E-state index contributed by atoms with van der Waals surface area (Å²) in [4.78, 5) is 15.6. The molecule has 1 aromatic carbocycles. The second kappa shape index (κ2) is 9.25. The summed E-state index contributed by atoms with van der Waals surface area (Å²) in [5, 5.41) is 0. The van der Waals surface area contributed by atoms with Crippen LogP contribution < -0.4 is 14.4 Å². The van der Waals surface area contributed by atoms with E-state index in [9.17, 15) is 22.0 Å². The normalized spacial score (nSPS) is 21.0. The smallest absolute Gasteiger partial charge is 0.410 e. The number of halogens is 2. The molecule has 8 nitrogen and oxygen atoms in total. The first-order chi connectivity index (χ1) is 15.6. The molecule has 0 bridgehead atoms. The van der Waals surface area contributed by atoms with Crippen molar-refractivity contribution in [2.24, 2.45) is 5.92 Å². The number of nitrogens with zero attached hydrogens (tertiary/aromatic N) is 2. The van der Waals surface area contributed by atoms with Crippen molar-refractivity contribution in [1.29, 1.82) is 0 Å². The predicted octanol–water partition coefficient (Wildman–Crippen LogP) is 2.87. The number of sulfonamides is 1. The summed E-state index contributed by atoms with van der Waals surface area (Å²) in [6, 6.07) is 2.15.